The van der Waals surface area contributed by atoms with Crippen LogP contribution in [0.5, 0.6) is 0 Å². The van der Waals surface area contributed by atoms with Crippen molar-refractivity contribution >= 4 is 38.6 Å². The molecule has 0 N–H and O–H groups in total. The van der Waals surface area contributed by atoms with E-state index < -0.39 is 0 Å². The van der Waals surface area contributed by atoms with Crippen LogP contribution in [-0.2, 0) is 10.8 Å². The van der Waals surface area contributed by atoms with E-state index in [1.807, 2.05) is 0 Å². The van der Waals surface area contributed by atoms with Gasteiger partial charge in [0.1, 0.15) is 0 Å². The lowest BCUT2D eigenvalue weighted by molar-refractivity contribution is -0.0399. The van der Waals surface area contributed by atoms with Crippen molar-refractivity contribution in [2.75, 3.05) is 4.90 Å². The van der Waals surface area contributed by atoms with Gasteiger partial charge in [-0.2, -0.15) is 0 Å². The Morgan fingerprint density at radius 2 is 0.938 bits per heavy atom. The number of para-hydroxylation sites is 2. The van der Waals surface area contributed by atoms with Crippen molar-refractivity contribution in [1.82, 2.24) is 0 Å². The Morgan fingerprint density at radius 3 is 1.70 bits per heavy atom. The molecule has 0 atom stereocenters. The Kier molecular flexibility index (Phi) is 7.70. The summed E-state index contributed by atoms with van der Waals surface area (Å²) in [5, 5.41) is 5.13. The predicted molar refractivity (Wildman–Crippen MR) is 268 cm³/mol. The number of rotatable bonds is 5. The van der Waals surface area contributed by atoms with Crippen molar-refractivity contribution in [3.63, 3.8) is 0 Å². The van der Waals surface area contributed by atoms with Crippen LogP contribution in [0.2, 0.25) is 0 Å². The molecule has 6 aliphatic rings. The van der Waals surface area contributed by atoms with Crippen LogP contribution in [0.25, 0.3) is 66.1 Å². The summed E-state index contributed by atoms with van der Waals surface area (Å²) in [6.07, 6.45) is 6.93. The second-order valence-electron chi connectivity index (χ2n) is 20.4. The molecule has 1 nitrogen and oxygen atoms in total. The van der Waals surface area contributed by atoms with Gasteiger partial charge in [0.05, 0.1) is 11.4 Å². The van der Waals surface area contributed by atoms with E-state index in [0.29, 0.717) is 11.8 Å². The summed E-state index contributed by atoms with van der Waals surface area (Å²) in [4.78, 5) is 2.64. The van der Waals surface area contributed by atoms with E-state index >= 15 is 0 Å². The van der Waals surface area contributed by atoms with Gasteiger partial charge in [-0.3, -0.25) is 0 Å². The molecule has 9 aromatic rings. The van der Waals surface area contributed by atoms with Gasteiger partial charge in [0.25, 0.3) is 0 Å². The van der Waals surface area contributed by atoms with E-state index in [1.165, 1.54) is 126 Å². The van der Waals surface area contributed by atoms with Crippen LogP contribution in [-0.4, -0.2) is 0 Å². The third-order valence-corrected chi connectivity index (χ3v) is 17.0. The molecule has 0 aromatic heterocycles. The number of benzene rings is 9. The molecule has 0 aliphatic heterocycles. The highest BCUT2D eigenvalue weighted by Gasteiger charge is 2.61. The zero-order valence-electron chi connectivity index (χ0n) is 36.7. The van der Waals surface area contributed by atoms with Crippen LogP contribution >= 0.6 is 0 Å². The third-order valence-electron chi connectivity index (χ3n) is 17.0. The maximum atomic E-state index is 2.67. The van der Waals surface area contributed by atoms with E-state index in [9.17, 15) is 0 Å². The molecule has 0 radical (unpaired) electrons. The summed E-state index contributed by atoms with van der Waals surface area (Å²) in [5.74, 6) is 3.18. The minimum Gasteiger partial charge on any atom is -0.309 e. The van der Waals surface area contributed by atoms with E-state index in [-0.39, 0.29) is 10.8 Å². The van der Waals surface area contributed by atoms with Gasteiger partial charge in [-0.05, 0) is 163 Å². The zero-order valence-corrected chi connectivity index (χ0v) is 36.7. The van der Waals surface area contributed by atoms with Crippen LogP contribution in [0.4, 0.5) is 17.1 Å². The van der Waals surface area contributed by atoms with Gasteiger partial charge >= 0.3 is 0 Å². The van der Waals surface area contributed by atoms with Gasteiger partial charge in [-0.1, -0.05) is 172 Å². The Bertz CT molecular complexity index is 3370. The van der Waals surface area contributed by atoms with Gasteiger partial charge in [0.2, 0.25) is 0 Å². The highest BCUT2D eigenvalue weighted by molar-refractivity contribution is 6.09. The monoisotopic (exact) mass is 821 g/mol. The van der Waals surface area contributed by atoms with E-state index in [0.717, 1.165) is 11.8 Å². The average Bonchev–Trinajstić information content (AvgIpc) is 3.76. The number of hydrogen-bond acceptors (Lipinski definition) is 1. The Morgan fingerprint density at radius 1 is 0.391 bits per heavy atom. The second kappa shape index (κ2) is 13.4. The molecule has 9 aromatic carbocycles. The van der Waals surface area contributed by atoms with Gasteiger partial charge in [-0.25, -0.2) is 0 Å². The lowest BCUT2D eigenvalue weighted by Gasteiger charge is -2.61. The van der Waals surface area contributed by atoms with E-state index in [2.05, 4.69) is 207 Å². The van der Waals surface area contributed by atoms with Gasteiger partial charge in [-0.15, -0.1) is 0 Å². The fourth-order valence-corrected chi connectivity index (χ4v) is 14.7. The zero-order chi connectivity index (χ0) is 42.3. The highest BCUT2D eigenvalue weighted by atomic mass is 15.1. The number of hydrogen-bond donors (Lipinski definition) is 0. The number of anilines is 3. The summed E-state index contributed by atoms with van der Waals surface area (Å²) in [6.45, 7) is 4.84. The molecule has 1 heteroatoms. The quantitative estimate of drug-likeness (QED) is 0.156. The summed E-state index contributed by atoms with van der Waals surface area (Å²) >= 11 is 0. The van der Waals surface area contributed by atoms with Crippen molar-refractivity contribution < 1.29 is 0 Å². The molecule has 4 fully saturated rings. The molecule has 64 heavy (non-hydrogen) atoms. The van der Waals surface area contributed by atoms with Crippen molar-refractivity contribution in [1.29, 1.82) is 0 Å². The molecule has 0 saturated heterocycles. The van der Waals surface area contributed by atoms with Crippen molar-refractivity contribution in [2.45, 2.75) is 56.8 Å². The molecule has 0 heterocycles. The molecule has 0 unspecified atom stereocenters. The minimum absolute atomic E-state index is 0.0667. The first-order chi connectivity index (χ1) is 31.5. The van der Waals surface area contributed by atoms with Gasteiger partial charge < -0.3 is 4.90 Å². The molecule has 4 saturated carbocycles. The first kappa shape index (κ1) is 36.8. The van der Waals surface area contributed by atoms with Crippen LogP contribution < -0.4 is 4.90 Å². The molecule has 4 bridgehead atoms. The molecule has 0 amide bonds. The maximum Gasteiger partial charge on any atom is 0.0540 e. The minimum atomic E-state index is -0.154. The fourth-order valence-electron chi connectivity index (χ4n) is 14.7. The smallest absolute Gasteiger partial charge is 0.0540 e. The van der Waals surface area contributed by atoms with Crippen molar-refractivity contribution in [3.05, 3.63) is 210 Å². The molecule has 1 spiro atoms. The molecular weight excluding hydrogens is 771 g/mol. The van der Waals surface area contributed by atoms with Crippen LogP contribution in [0, 0.1) is 23.7 Å². The standard InChI is InChI=1S/C63H51N/c1-62(2)56-22-9-5-18-51(56)54-20-13-21-55(61(54)62)53-19-8-12-25-60(53)64(59-24-11-7-16-49(59)43-28-30-48-42(37-43)27-26-41-14-3-4-15-47(41)48)46-29-31-52-50-17-6-10-23-57(50)63(58(52)38-46)44-33-39-32-40(35-44)36-45(63)34-39/h3-31,37-40,44-45H,32-36H2,1-2H3. The summed E-state index contributed by atoms with van der Waals surface area (Å²) < 4.78 is 0. The Hall–Kier alpha value is -6.70. The molecule has 308 valence electrons. The maximum absolute atomic E-state index is 2.67. The lowest BCUT2D eigenvalue weighted by Crippen LogP contribution is -2.55. The first-order valence-corrected chi connectivity index (χ1v) is 23.8. The fraction of sp³-hybridized carbons (Fsp3) is 0.206. The highest BCUT2D eigenvalue weighted by Crippen LogP contribution is 2.70. The Labute approximate surface area is 377 Å². The number of fused-ring (bicyclic) bond motifs is 9. The Balaban J connectivity index is 1.02. The normalized spacial score (nSPS) is 22.7. The van der Waals surface area contributed by atoms with E-state index in [1.54, 1.807) is 11.1 Å². The summed E-state index contributed by atoms with van der Waals surface area (Å²) in [6, 6.07) is 72.1. The lowest BCUT2D eigenvalue weighted by atomic mass is 9.43. The third kappa shape index (κ3) is 4.96. The second-order valence-corrected chi connectivity index (χ2v) is 20.4. The first-order valence-electron chi connectivity index (χ1n) is 23.8. The molecule has 15 rings (SSSR count). The SMILES string of the molecule is CC1(C)c2ccccc2-c2cccc(-c3ccccc3N(c3ccc4c(c3)C3(c5ccccc5-4)C4CC5CC(C4)CC3C5)c3ccccc3-c3ccc4c(ccc5ccccc54)c3)c21. The van der Waals surface area contributed by atoms with Crippen molar-refractivity contribution in [3.8, 4) is 44.5 Å². The molecular formula is C63H51N. The van der Waals surface area contributed by atoms with Crippen LogP contribution in [0.1, 0.15) is 68.2 Å². The van der Waals surface area contributed by atoms with Crippen molar-refractivity contribution in [2.24, 2.45) is 23.7 Å². The van der Waals surface area contributed by atoms with Gasteiger partial charge in [0, 0.05) is 27.6 Å². The van der Waals surface area contributed by atoms with Crippen LogP contribution in [0.3, 0.4) is 0 Å². The summed E-state index contributed by atoms with van der Waals surface area (Å²) in [7, 11) is 0. The van der Waals surface area contributed by atoms with Gasteiger partial charge in [0.15, 0.2) is 0 Å². The summed E-state index contributed by atoms with van der Waals surface area (Å²) in [5.41, 5.74) is 20.2. The largest absolute Gasteiger partial charge is 0.309 e. The number of nitrogens with zero attached hydrogens (tertiary/aromatic N) is 1. The van der Waals surface area contributed by atoms with Crippen LogP contribution in [0.15, 0.2) is 188 Å². The molecule has 6 aliphatic carbocycles. The predicted octanol–water partition coefficient (Wildman–Crippen LogP) is 16.8. The van der Waals surface area contributed by atoms with E-state index in [4.69, 9.17) is 0 Å². The topological polar surface area (TPSA) is 3.24 Å². The average molecular weight is 822 g/mol.